The molecule has 3 nitrogen and oxygen atoms in total. The molecule has 1 saturated heterocycles. The molecule has 1 N–H and O–H groups in total. The lowest BCUT2D eigenvalue weighted by Crippen LogP contribution is -2.47. The van der Waals surface area contributed by atoms with E-state index in [1.165, 1.54) is 45.3 Å². The zero-order chi connectivity index (χ0) is 13.0. The van der Waals surface area contributed by atoms with E-state index in [4.69, 9.17) is 5.26 Å². The Bertz CT molecular complexity index is 287. The highest BCUT2D eigenvalue weighted by Crippen LogP contribution is 2.26. The average Bonchev–Trinajstić information content (AvgIpc) is 2.78. The minimum Gasteiger partial charge on any atom is -0.310 e. The van der Waals surface area contributed by atoms with Crippen molar-refractivity contribution in [3.05, 3.63) is 0 Å². The molecule has 1 heterocycles. The predicted molar refractivity (Wildman–Crippen MR) is 74.2 cm³/mol. The van der Waals surface area contributed by atoms with E-state index in [1.807, 2.05) is 0 Å². The summed E-state index contributed by atoms with van der Waals surface area (Å²) in [5.74, 6) is 1.03. The second-order valence-corrected chi connectivity index (χ2v) is 6.41. The van der Waals surface area contributed by atoms with Crippen LogP contribution in [0.3, 0.4) is 0 Å². The number of nitriles is 1. The molecule has 2 fully saturated rings. The zero-order valence-corrected chi connectivity index (χ0v) is 11.9. The molecule has 0 radical (unpaired) electrons. The van der Waals surface area contributed by atoms with E-state index < -0.39 is 0 Å². The first kappa shape index (κ1) is 13.8. The molecule has 0 spiro atoms. The average molecular weight is 249 g/mol. The molecule has 0 bridgehead atoms. The molecule has 18 heavy (non-hydrogen) atoms. The molecule has 2 aliphatic rings. The molecule has 1 aliphatic heterocycles. The Morgan fingerprint density at radius 3 is 2.56 bits per heavy atom. The maximum atomic E-state index is 9.11. The molecule has 2 unspecified atom stereocenters. The van der Waals surface area contributed by atoms with Gasteiger partial charge in [-0.2, -0.15) is 5.26 Å². The van der Waals surface area contributed by atoms with E-state index in [0.717, 1.165) is 12.3 Å². The van der Waals surface area contributed by atoms with Crippen molar-refractivity contribution in [3.63, 3.8) is 0 Å². The van der Waals surface area contributed by atoms with Crippen molar-refractivity contribution >= 4 is 0 Å². The van der Waals surface area contributed by atoms with Crippen LogP contribution in [-0.2, 0) is 0 Å². The maximum Gasteiger partial charge on any atom is 0.0672 e. The van der Waals surface area contributed by atoms with E-state index in [0.29, 0.717) is 12.1 Å². The molecule has 2 atom stereocenters. The van der Waals surface area contributed by atoms with Crippen LogP contribution >= 0.6 is 0 Å². The first-order valence-corrected chi connectivity index (χ1v) is 7.57. The molecule has 0 aromatic rings. The van der Waals surface area contributed by atoms with Gasteiger partial charge in [0.2, 0.25) is 0 Å². The fourth-order valence-electron chi connectivity index (χ4n) is 3.42. The van der Waals surface area contributed by atoms with Gasteiger partial charge >= 0.3 is 0 Å². The Morgan fingerprint density at radius 2 is 1.94 bits per heavy atom. The predicted octanol–water partition coefficient (Wildman–Crippen LogP) is 2.39. The maximum absolute atomic E-state index is 9.11. The van der Waals surface area contributed by atoms with Crippen LogP contribution in [0, 0.1) is 23.2 Å². The van der Waals surface area contributed by atoms with Crippen molar-refractivity contribution in [1.29, 1.82) is 5.26 Å². The van der Waals surface area contributed by atoms with Crippen LogP contribution in [-0.4, -0.2) is 36.6 Å². The van der Waals surface area contributed by atoms with Crippen LogP contribution in [0.25, 0.3) is 0 Å². The highest BCUT2D eigenvalue weighted by atomic mass is 15.1. The van der Waals surface area contributed by atoms with Crippen molar-refractivity contribution in [2.75, 3.05) is 19.6 Å². The van der Waals surface area contributed by atoms with Crippen molar-refractivity contribution in [1.82, 2.24) is 10.2 Å². The Labute approximate surface area is 112 Å². The number of rotatable bonds is 4. The summed E-state index contributed by atoms with van der Waals surface area (Å²) < 4.78 is 0. The summed E-state index contributed by atoms with van der Waals surface area (Å²) >= 11 is 0. The standard InChI is InChI=1S/C15H27N3/c1-12(2)11-18-8-6-14(7-9-18)17-15-5-3-4-13(15)10-16/h12-15,17H,3-9,11H2,1-2H3. The Balaban J connectivity index is 1.72. The van der Waals surface area contributed by atoms with Gasteiger partial charge in [0, 0.05) is 18.6 Å². The Hall–Kier alpha value is -0.590. The molecule has 102 valence electrons. The van der Waals surface area contributed by atoms with Gasteiger partial charge in [-0.05, 0) is 44.7 Å². The fraction of sp³-hybridized carbons (Fsp3) is 0.933. The third-order valence-electron chi connectivity index (χ3n) is 4.34. The normalized spacial score (nSPS) is 30.8. The second kappa shape index (κ2) is 6.54. The van der Waals surface area contributed by atoms with E-state index in [2.05, 4.69) is 30.1 Å². The van der Waals surface area contributed by atoms with Crippen LogP contribution in [0.4, 0.5) is 0 Å². The lowest BCUT2D eigenvalue weighted by molar-refractivity contribution is 0.172. The quantitative estimate of drug-likeness (QED) is 0.831. The molecular weight excluding hydrogens is 222 g/mol. The number of hydrogen-bond acceptors (Lipinski definition) is 3. The van der Waals surface area contributed by atoms with Gasteiger partial charge in [0.1, 0.15) is 0 Å². The summed E-state index contributed by atoms with van der Waals surface area (Å²) in [6, 6.07) is 3.58. The van der Waals surface area contributed by atoms with Gasteiger partial charge in [0.05, 0.1) is 12.0 Å². The van der Waals surface area contributed by atoms with Gasteiger partial charge in [-0.3, -0.25) is 0 Å². The summed E-state index contributed by atoms with van der Waals surface area (Å²) in [5.41, 5.74) is 0. The first-order valence-electron chi connectivity index (χ1n) is 7.57. The van der Waals surface area contributed by atoms with Crippen molar-refractivity contribution < 1.29 is 0 Å². The SMILES string of the molecule is CC(C)CN1CCC(NC2CCCC2C#N)CC1. The summed E-state index contributed by atoms with van der Waals surface area (Å²) in [6.07, 6.45) is 6.02. The van der Waals surface area contributed by atoms with Crippen LogP contribution in [0.1, 0.15) is 46.0 Å². The number of hydrogen-bond donors (Lipinski definition) is 1. The van der Waals surface area contributed by atoms with Gasteiger partial charge in [0.25, 0.3) is 0 Å². The monoisotopic (exact) mass is 249 g/mol. The van der Waals surface area contributed by atoms with Crippen molar-refractivity contribution in [2.24, 2.45) is 11.8 Å². The number of nitrogens with zero attached hydrogens (tertiary/aromatic N) is 2. The van der Waals surface area contributed by atoms with Gasteiger partial charge in [-0.25, -0.2) is 0 Å². The Morgan fingerprint density at radius 1 is 1.22 bits per heavy atom. The smallest absolute Gasteiger partial charge is 0.0672 e. The van der Waals surface area contributed by atoms with E-state index in [1.54, 1.807) is 0 Å². The number of piperidine rings is 1. The number of nitrogens with one attached hydrogen (secondary N) is 1. The third kappa shape index (κ3) is 3.70. The molecular formula is C15H27N3. The van der Waals surface area contributed by atoms with E-state index in [-0.39, 0.29) is 5.92 Å². The van der Waals surface area contributed by atoms with Crippen molar-refractivity contribution in [3.8, 4) is 6.07 Å². The summed E-state index contributed by atoms with van der Waals surface area (Å²) in [4.78, 5) is 2.58. The Kier molecular flexibility index (Phi) is 5.03. The van der Waals surface area contributed by atoms with Gasteiger partial charge in [0.15, 0.2) is 0 Å². The topological polar surface area (TPSA) is 39.1 Å². The zero-order valence-electron chi connectivity index (χ0n) is 11.9. The second-order valence-electron chi connectivity index (χ2n) is 6.41. The minimum atomic E-state index is 0.263. The lowest BCUT2D eigenvalue weighted by atomic mass is 9.99. The summed E-state index contributed by atoms with van der Waals surface area (Å²) in [5, 5.41) is 12.9. The molecule has 0 amide bonds. The third-order valence-corrected chi connectivity index (χ3v) is 4.34. The minimum absolute atomic E-state index is 0.263. The van der Waals surface area contributed by atoms with Crippen LogP contribution in [0.15, 0.2) is 0 Å². The highest BCUT2D eigenvalue weighted by molar-refractivity contribution is 4.98. The molecule has 3 heteroatoms. The lowest BCUT2D eigenvalue weighted by Gasteiger charge is -2.35. The fourth-order valence-corrected chi connectivity index (χ4v) is 3.42. The molecule has 2 rings (SSSR count). The van der Waals surface area contributed by atoms with Gasteiger partial charge in [-0.1, -0.05) is 20.3 Å². The molecule has 0 aromatic heterocycles. The van der Waals surface area contributed by atoms with Crippen molar-refractivity contribution in [2.45, 2.75) is 58.0 Å². The molecule has 1 saturated carbocycles. The highest BCUT2D eigenvalue weighted by Gasteiger charge is 2.30. The van der Waals surface area contributed by atoms with Gasteiger partial charge < -0.3 is 10.2 Å². The summed E-state index contributed by atoms with van der Waals surface area (Å²) in [6.45, 7) is 8.26. The summed E-state index contributed by atoms with van der Waals surface area (Å²) in [7, 11) is 0. The van der Waals surface area contributed by atoms with Crippen LogP contribution in [0.5, 0.6) is 0 Å². The number of likely N-dealkylation sites (tertiary alicyclic amines) is 1. The first-order chi connectivity index (χ1) is 8.69. The molecule has 0 aromatic carbocycles. The van der Waals surface area contributed by atoms with Crippen LogP contribution < -0.4 is 5.32 Å². The van der Waals surface area contributed by atoms with E-state index in [9.17, 15) is 0 Å². The van der Waals surface area contributed by atoms with Crippen LogP contribution in [0.2, 0.25) is 0 Å². The molecule has 1 aliphatic carbocycles. The van der Waals surface area contributed by atoms with E-state index >= 15 is 0 Å². The largest absolute Gasteiger partial charge is 0.310 e. The van der Waals surface area contributed by atoms with Gasteiger partial charge in [-0.15, -0.1) is 0 Å².